The van der Waals surface area contributed by atoms with Crippen LogP contribution >= 0.6 is 15.9 Å². The van der Waals surface area contributed by atoms with Gasteiger partial charge in [-0.05, 0) is 36.8 Å². The van der Waals surface area contributed by atoms with Crippen LogP contribution in [-0.4, -0.2) is 21.7 Å². The van der Waals surface area contributed by atoms with Crippen LogP contribution in [0, 0.1) is 6.92 Å². The zero-order valence-electron chi connectivity index (χ0n) is 15.6. The van der Waals surface area contributed by atoms with E-state index in [0.29, 0.717) is 11.3 Å². The molecule has 1 saturated heterocycles. The van der Waals surface area contributed by atoms with E-state index >= 15 is 0 Å². The van der Waals surface area contributed by atoms with Crippen LogP contribution in [0.3, 0.4) is 0 Å². The summed E-state index contributed by atoms with van der Waals surface area (Å²) in [7, 11) is 0. The summed E-state index contributed by atoms with van der Waals surface area (Å²) >= 11 is 3.41. The van der Waals surface area contributed by atoms with E-state index in [9.17, 15) is 14.7 Å². The number of aliphatic hydroxyl groups excluding tert-OH is 1. The normalized spacial score (nSPS) is 18.4. The number of likely N-dealkylation sites (tertiary alicyclic amines) is 1. The molecule has 1 aliphatic heterocycles. The van der Waals surface area contributed by atoms with Gasteiger partial charge in [0, 0.05) is 10.0 Å². The van der Waals surface area contributed by atoms with Crippen molar-refractivity contribution in [3.63, 3.8) is 0 Å². The summed E-state index contributed by atoms with van der Waals surface area (Å²) in [6, 6.07) is 17.3. The van der Waals surface area contributed by atoms with E-state index in [1.807, 2.05) is 43.3 Å². The van der Waals surface area contributed by atoms with E-state index in [-0.39, 0.29) is 17.9 Å². The van der Waals surface area contributed by atoms with Gasteiger partial charge >= 0.3 is 0 Å². The first-order chi connectivity index (χ1) is 14.0. The fourth-order valence-corrected chi connectivity index (χ4v) is 3.74. The molecule has 0 aliphatic carbocycles. The van der Waals surface area contributed by atoms with Gasteiger partial charge in [0.1, 0.15) is 11.5 Å². The Morgan fingerprint density at radius 1 is 1.07 bits per heavy atom. The molecular weight excluding hydrogens is 434 g/mol. The molecule has 1 aromatic heterocycles. The van der Waals surface area contributed by atoms with Crippen molar-refractivity contribution in [2.24, 2.45) is 0 Å². The van der Waals surface area contributed by atoms with E-state index in [2.05, 4.69) is 15.9 Å². The quantitative estimate of drug-likeness (QED) is 0.345. The Morgan fingerprint density at radius 2 is 1.76 bits per heavy atom. The molecular formula is C23H18BrNO4. The largest absolute Gasteiger partial charge is 0.507 e. The summed E-state index contributed by atoms with van der Waals surface area (Å²) in [6.07, 6.45) is 1.52. The number of carbonyl (C=O) groups is 2. The van der Waals surface area contributed by atoms with Crippen molar-refractivity contribution in [2.75, 3.05) is 0 Å². The minimum Gasteiger partial charge on any atom is -0.507 e. The number of rotatable bonds is 4. The summed E-state index contributed by atoms with van der Waals surface area (Å²) in [5.74, 6) is -0.993. The van der Waals surface area contributed by atoms with Gasteiger partial charge in [0.2, 0.25) is 0 Å². The molecule has 5 nitrogen and oxygen atoms in total. The van der Waals surface area contributed by atoms with Crippen LogP contribution in [0.4, 0.5) is 0 Å². The van der Waals surface area contributed by atoms with Crippen molar-refractivity contribution in [1.82, 2.24) is 4.90 Å². The fraction of sp³-hybridized carbons (Fsp3) is 0.130. The van der Waals surface area contributed by atoms with E-state index in [0.717, 1.165) is 15.6 Å². The molecule has 6 heteroatoms. The molecule has 1 amide bonds. The lowest BCUT2D eigenvalue weighted by atomic mass is 9.95. The number of furan rings is 1. The smallest absolute Gasteiger partial charge is 0.296 e. The third kappa shape index (κ3) is 3.63. The number of hydrogen-bond acceptors (Lipinski definition) is 4. The third-order valence-electron chi connectivity index (χ3n) is 4.96. The summed E-state index contributed by atoms with van der Waals surface area (Å²) in [5, 5.41) is 11.0. The zero-order valence-corrected chi connectivity index (χ0v) is 17.2. The Balaban J connectivity index is 1.86. The second-order valence-electron chi connectivity index (χ2n) is 6.92. The number of aliphatic hydroxyl groups is 1. The molecule has 4 rings (SSSR count). The summed E-state index contributed by atoms with van der Waals surface area (Å²) in [6.45, 7) is 2.07. The third-order valence-corrected chi connectivity index (χ3v) is 5.49. The number of Topliss-reactive ketones (excluding diaryl/α,β-unsaturated/α-hetero) is 1. The maximum absolute atomic E-state index is 12.9. The van der Waals surface area contributed by atoms with Gasteiger partial charge in [-0.15, -0.1) is 0 Å². The first-order valence-corrected chi connectivity index (χ1v) is 9.88. The van der Waals surface area contributed by atoms with Gasteiger partial charge < -0.3 is 14.4 Å². The van der Waals surface area contributed by atoms with Gasteiger partial charge in [-0.3, -0.25) is 9.59 Å². The monoisotopic (exact) mass is 451 g/mol. The minimum atomic E-state index is -0.713. The van der Waals surface area contributed by atoms with Crippen molar-refractivity contribution in [1.29, 1.82) is 0 Å². The van der Waals surface area contributed by atoms with Gasteiger partial charge in [0.25, 0.3) is 11.7 Å². The van der Waals surface area contributed by atoms with E-state index in [1.165, 1.54) is 11.2 Å². The lowest BCUT2D eigenvalue weighted by Crippen LogP contribution is -2.29. The number of aryl methyl sites for hydroxylation is 1. The molecule has 1 atom stereocenters. The number of halogens is 1. The van der Waals surface area contributed by atoms with Gasteiger partial charge in [-0.2, -0.15) is 0 Å². The average molecular weight is 452 g/mol. The molecule has 0 saturated carbocycles. The molecule has 29 heavy (non-hydrogen) atoms. The van der Waals surface area contributed by atoms with Crippen molar-refractivity contribution in [2.45, 2.75) is 19.5 Å². The average Bonchev–Trinajstić information content (AvgIpc) is 3.31. The molecule has 2 heterocycles. The Morgan fingerprint density at radius 3 is 2.38 bits per heavy atom. The number of carbonyl (C=O) groups excluding carboxylic acids is 2. The molecule has 0 radical (unpaired) electrons. The minimum absolute atomic E-state index is 0.0766. The van der Waals surface area contributed by atoms with E-state index in [4.69, 9.17) is 4.42 Å². The van der Waals surface area contributed by atoms with Crippen LogP contribution in [0.1, 0.15) is 28.5 Å². The second kappa shape index (κ2) is 7.72. The number of amides is 1. The number of benzene rings is 2. The zero-order chi connectivity index (χ0) is 20.5. The molecule has 3 aromatic rings. The first kappa shape index (κ1) is 19.2. The lowest BCUT2D eigenvalue weighted by Gasteiger charge is -2.24. The van der Waals surface area contributed by atoms with Crippen molar-refractivity contribution >= 4 is 33.4 Å². The maximum atomic E-state index is 12.9. The highest BCUT2D eigenvalue weighted by atomic mass is 79.9. The van der Waals surface area contributed by atoms with Crippen LogP contribution in [0.5, 0.6) is 0 Å². The van der Waals surface area contributed by atoms with E-state index < -0.39 is 17.7 Å². The Bertz CT molecular complexity index is 1080. The van der Waals surface area contributed by atoms with Crippen LogP contribution in [0.2, 0.25) is 0 Å². The molecule has 1 N–H and O–H groups in total. The van der Waals surface area contributed by atoms with Gasteiger partial charge in [-0.1, -0.05) is 57.9 Å². The Labute approximate surface area is 176 Å². The molecule has 1 aliphatic rings. The molecule has 0 bridgehead atoms. The topological polar surface area (TPSA) is 70.8 Å². The fourth-order valence-electron chi connectivity index (χ4n) is 3.47. The summed E-state index contributed by atoms with van der Waals surface area (Å²) in [5.41, 5.74) is 2.33. The molecule has 0 spiro atoms. The molecule has 2 aromatic carbocycles. The van der Waals surface area contributed by atoms with Crippen LogP contribution in [0.25, 0.3) is 5.76 Å². The van der Waals surface area contributed by atoms with Crippen molar-refractivity contribution < 1.29 is 19.1 Å². The summed E-state index contributed by atoms with van der Waals surface area (Å²) < 4.78 is 6.26. The van der Waals surface area contributed by atoms with Crippen molar-refractivity contribution in [3.8, 4) is 0 Å². The van der Waals surface area contributed by atoms with Crippen LogP contribution in [-0.2, 0) is 16.1 Å². The highest BCUT2D eigenvalue weighted by Gasteiger charge is 2.46. The molecule has 1 unspecified atom stereocenters. The second-order valence-corrected chi connectivity index (χ2v) is 7.84. The van der Waals surface area contributed by atoms with Crippen LogP contribution < -0.4 is 0 Å². The maximum Gasteiger partial charge on any atom is 0.296 e. The lowest BCUT2D eigenvalue weighted by molar-refractivity contribution is -0.140. The number of nitrogens with zero attached hydrogens (tertiary/aromatic N) is 1. The number of ketones is 1. The van der Waals surface area contributed by atoms with Crippen LogP contribution in [0.15, 0.2) is 81.4 Å². The van der Waals surface area contributed by atoms with Crippen molar-refractivity contribution in [3.05, 3.63) is 99.4 Å². The highest BCUT2D eigenvalue weighted by molar-refractivity contribution is 9.10. The Hall–Kier alpha value is -3.12. The van der Waals surface area contributed by atoms with Gasteiger partial charge in [0.05, 0.1) is 24.4 Å². The standard InChI is InChI=1S/C23H18BrNO4/c1-14-4-6-16(7-5-14)21(26)19-20(15-8-10-17(24)11-9-15)25(23(28)22(19)27)13-18-3-2-12-29-18/h2-12,20,26H,13H2,1H3/b21-19+. The molecule has 146 valence electrons. The first-order valence-electron chi connectivity index (χ1n) is 9.09. The van der Waals surface area contributed by atoms with Gasteiger partial charge in [0.15, 0.2) is 0 Å². The highest BCUT2D eigenvalue weighted by Crippen LogP contribution is 2.40. The molecule has 1 fully saturated rings. The summed E-state index contributed by atoms with van der Waals surface area (Å²) in [4.78, 5) is 27.2. The number of hydrogen-bond donors (Lipinski definition) is 1. The SMILES string of the molecule is Cc1ccc(/C(O)=C2\C(=O)C(=O)N(Cc3ccco3)C2c2ccc(Br)cc2)cc1. The predicted octanol–water partition coefficient (Wildman–Crippen LogP) is 4.97. The predicted molar refractivity (Wildman–Crippen MR) is 112 cm³/mol. The Kier molecular flexibility index (Phi) is 5.11. The van der Waals surface area contributed by atoms with Gasteiger partial charge in [-0.25, -0.2) is 0 Å². The van der Waals surface area contributed by atoms with E-state index in [1.54, 1.807) is 24.3 Å².